The third-order valence-corrected chi connectivity index (χ3v) is 5.29. The summed E-state index contributed by atoms with van der Waals surface area (Å²) < 4.78 is 64.3. The van der Waals surface area contributed by atoms with Crippen LogP contribution in [0.4, 0.5) is 13.2 Å². The standard InChI is InChI=1S/C15H21F3N4O3S/c1-2-19-14(22-12-4-6-26(23,24)9-12)21-8-11-3-5-20-13(7-11)25-10-15(16,17)18/h3,5,7,12H,2,4,6,8-10H2,1H3,(H2,19,21,22). The van der Waals surface area contributed by atoms with E-state index in [1.54, 1.807) is 6.07 Å². The molecule has 2 N–H and O–H groups in total. The van der Waals surface area contributed by atoms with Gasteiger partial charge in [0.2, 0.25) is 5.88 Å². The largest absolute Gasteiger partial charge is 0.468 e. The minimum Gasteiger partial charge on any atom is -0.468 e. The van der Waals surface area contributed by atoms with Crippen LogP contribution in [0.5, 0.6) is 5.88 Å². The number of halogens is 3. The van der Waals surface area contributed by atoms with E-state index < -0.39 is 22.6 Å². The van der Waals surface area contributed by atoms with Crippen LogP contribution in [-0.4, -0.2) is 56.2 Å². The molecule has 2 heterocycles. The second kappa shape index (κ2) is 8.56. The first-order chi connectivity index (χ1) is 12.2. The van der Waals surface area contributed by atoms with Gasteiger partial charge in [0.1, 0.15) is 0 Å². The maximum Gasteiger partial charge on any atom is 0.422 e. The van der Waals surface area contributed by atoms with Crippen molar-refractivity contribution in [3.63, 3.8) is 0 Å². The van der Waals surface area contributed by atoms with E-state index in [-0.39, 0.29) is 30.0 Å². The molecule has 26 heavy (non-hydrogen) atoms. The Labute approximate surface area is 150 Å². The molecule has 0 saturated carbocycles. The molecule has 1 aromatic rings. The number of ether oxygens (including phenoxy) is 1. The molecule has 0 aliphatic carbocycles. The number of pyridine rings is 1. The van der Waals surface area contributed by atoms with Crippen molar-refractivity contribution in [1.29, 1.82) is 0 Å². The molecule has 7 nitrogen and oxygen atoms in total. The van der Waals surface area contributed by atoms with E-state index in [2.05, 4.69) is 25.3 Å². The molecule has 1 saturated heterocycles. The van der Waals surface area contributed by atoms with Crippen LogP contribution in [0.25, 0.3) is 0 Å². The van der Waals surface area contributed by atoms with Crippen molar-refractivity contribution >= 4 is 15.8 Å². The molecule has 1 aromatic heterocycles. The lowest BCUT2D eigenvalue weighted by Gasteiger charge is -2.15. The molecule has 11 heteroatoms. The van der Waals surface area contributed by atoms with Gasteiger partial charge in [0, 0.05) is 24.8 Å². The van der Waals surface area contributed by atoms with Crippen molar-refractivity contribution in [2.24, 2.45) is 4.99 Å². The van der Waals surface area contributed by atoms with Gasteiger partial charge in [-0.05, 0) is 25.0 Å². The second-order valence-electron chi connectivity index (χ2n) is 5.85. The maximum absolute atomic E-state index is 12.2. The van der Waals surface area contributed by atoms with E-state index in [1.807, 2.05) is 6.92 Å². The lowest BCUT2D eigenvalue weighted by Crippen LogP contribution is -2.44. The normalized spacial score (nSPS) is 20.0. The number of alkyl halides is 3. The van der Waals surface area contributed by atoms with Crippen molar-refractivity contribution in [2.75, 3.05) is 24.7 Å². The Morgan fingerprint density at radius 2 is 2.23 bits per heavy atom. The number of hydrogen-bond acceptors (Lipinski definition) is 5. The Bertz CT molecular complexity index is 738. The van der Waals surface area contributed by atoms with Crippen molar-refractivity contribution in [3.8, 4) is 5.88 Å². The average Bonchev–Trinajstić information content (AvgIpc) is 2.89. The van der Waals surface area contributed by atoms with Crippen LogP contribution in [-0.2, 0) is 16.4 Å². The summed E-state index contributed by atoms with van der Waals surface area (Å²) in [5.74, 6) is 0.523. The summed E-state index contributed by atoms with van der Waals surface area (Å²) in [4.78, 5) is 8.08. The number of nitrogens with zero attached hydrogens (tertiary/aromatic N) is 2. The zero-order valence-electron chi connectivity index (χ0n) is 14.2. The second-order valence-corrected chi connectivity index (χ2v) is 8.07. The first kappa shape index (κ1) is 20.3. The van der Waals surface area contributed by atoms with E-state index in [0.29, 0.717) is 24.5 Å². The predicted octanol–water partition coefficient (Wildman–Crippen LogP) is 1.26. The summed E-state index contributed by atoms with van der Waals surface area (Å²) in [7, 11) is -3.01. The highest BCUT2D eigenvalue weighted by Gasteiger charge is 2.29. The number of aliphatic imine (C=N–C) groups is 1. The zero-order chi connectivity index (χ0) is 19.2. The van der Waals surface area contributed by atoms with E-state index in [0.717, 1.165) is 0 Å². The summed E-state index contributed by atoms with van der Waals surface area (Å²) in [5.41, 5.74) is 0.619. The molecule has 0 bridgehead atoms. The number of hydrogen-bond donors (Lipinski definition) is 2. The van der Waals surface area contributed by atoms with Gasteiger partial charge in [-0.15, -0.1) is 0 Å². The molecule has 1 unspecified atom stereocenters. The molecular formula is C15H21F3N4O3S. The van der Waals surface area contributed by atoms with Crippen LogP contribution in [0.15, 0.2) is 23.3 Å². The lowest BCUT2D eigenvalue weighted by atomic mass is 10.2. The highest BCUT2D eigenvalue weighted by Crippen LogP contribution is 2.18. The molecular weight excluding hydrogens is 373 g/mol. The van der Waals surface area contributed by atoms with Crippen molar-refractivity contribution in [1.82, 2.24) is 15.6 Å². The van der Waals surface area contributed by atoms with E-state index >= 15 is 0 Å². The number of rotatable bonds is 6. The quantitative estimate of drug-likeness (QED) is 0.558. The van der Waals surface area contributed by atoms with E-state index in [4.69, 9.17) is 0 Å². The van der Waals surface area contributed by atoms with Gasteiger partial charge < -0.3 is 15.4 Å². The first-order valence-corrected chi connectivity index (χ1v) is 9.89. The van der Waals surface area contributed by atoms with Gasteiger partial charge in [-0.1, -0.05) is 0 Å². The molecule has 1 atom stereocenters. The lowest BCUT2D eigenvalue weighted by molar-refractivity contribution is -0.154. The minimum absolute atomic E-state index is 0.0576. The smallest absolute Gasteiger partial charge is 0.422 e. The molecule has 146 valence electrons. The molecule has 1 fully saturated rings. The van der Waals surface area contributed by atoms with Crippen molar-refractivity contribution < 1.29 is 26.3 Å². The van der Waals surface area contributed by atoms with Gasteiger partial charge in [0.25, 0.3) is 0 Å². The van der Waals surface area contributed by atoms with Gasteiger partial charge in [0.15, 0.2) is 22.4 Å². The van der Waals surface area contributed by atoms with Crippen LogP contribution in [0.1, 0.15) is 18.9 Å². The molecule has 2 rings (SSSR count). The van der Waals surface area contributed by atoms with E-state index in [1.165, 1.54) is 12.3 Å². The summed E-state index contributed by atoms with van der Waals surface area (Å²) >= 11 is 0. The Balaban J connectivity index is 1.98. The number of nitrogens with one attached hydrogen (secondary N) is 2. The van der Waals surface area contributed by atoms with Crippen LogP contribution in [0.3, 0.4) is 0 Å². The summed E-state index contributed by atoms with van der Waals surface area (Å²) in [6, 6.07) is 2.80. The van der Waals surface area contributed by atoms with Gasteiger partial charge in [-0.25, -0.2) is 18.4 Å². The van der Waals surface area contributed by atoms with Crippen LogP contribution >= 0.6 is 0 Å². The van der Waals surface area contributed by atoms with Crippen LogP contribution < -0.4 is 15.4 Å². The molecule has 0 aromatic carbocycles. The third-order valence-electron chi connectivity index (χ3n) is 3.52. The minimum atomic E-state index is -4.43. The molecule has 1 aliphatic rings. The Kier molecular flexibility index (Phi) is 6.68. The molecule has 1 aliphatic heterocycles. The third kappa shape index (κ3) is 7.06. The molecule has 0 radical (unpaired) electrons. The fraction of sp³-hybridized carbons (Fsp3) is 0.600. The number of aromatic nitrogens is 1. The number of sulfone groups is 1. The van der Waals surface area contributed by atoms with Crippen LogP contribution in [0.2, 0.25) is 0 Å². The van der Waals surface area contributed by atoms with Gasteiger partial charge in [-0.3, -0.25) is 0 Å². The first-order valence-electron chi connectivity index (χ1n) is 8.06. The predicted molar refractivity (Wildman–Crippen MR) is 90.8 cm³/mol. The summed E-state index contributed by atoms with van der Waals surface area (Å²) in [6.07, 6.45) is -2.57. The van der Waals surface area contributed by atoms with Gasteiger partial charge in [-0.2, -0.15) is 13.2 Å². The average molecular weight is 394 g/mol. The monoisotopic (exact) mass is 394 g/mol. The Morgan fingerprint density at radius 1 is 1.46 bits per heavy atom. The molecule has 0 spiro atoms. The highest BCUT2D eigenvalue weighted by atomic mass is 32.2. The highest BCUT2D eigenvalue weighted by molar-refractivity contribution is 7.91. The van der Waals surface area contributed by atoms with Crippen molar-refractivity contribution in [3.05, 3.63) is 23.9 Å². The van der Waals surface area contributed by atoms with E-state index in [9.17, 15) is 21.6 Å². The maximum atomic E-state index is 12.2. The summed E-state index contributed by atoms with van der Waals surface area (Å²) in [5, 5.41) is 6.08. The molecule has 0 amide bonds. The fourth-order valence-electron chi connectivity index (χ4n) is 2.38. The zero-order valence-corrected chi connectivity index (χ0v) is 15.0. The fourth-order valence-corrected chi connectivity index (χ4v) is 4.05. The SMILES string of the molecule is CCNC(=NCc1ccnc(OCC(F)(F)F)c1)NC1CCS(=O)(=O)C1. The van der Waals surface area contributed by atoms with Crippen LogP contribution in [0, 0.1) is 0 Å². The van der Waals surface area contributed by atoms with Crippen molar-refractivity contribution in [2.45, 2.75) is 32.1 Å². The topological polar surface area (TPSA) is 92.7 Å². The number of guanidine groups is 1. The van der Waals surface area contributed by atoms with Gasteiger partial charge in [0.05, 0.1) is 18.1 Å². The summed E-state index contributed by atoms with van der Waals surface area (Å²) in [6.45, 7) is 1.23. The Hall–Kier alpha value is -2.04. The Morgan fingerprint density at radius 3 is 2.85 bits per heavy atom. The van der Waals surface area contributed by atoms with Gasteiger partial charge >= 0.3 is 6.18 Å².